The van der Waals surface area contributed by atoms with Gasteiger partial charge in [-0.15, -0.1) is 0 Å². The Morgan fingerprint density at radius 2 is 2.10 bits per heavy atom. The molecular formula is C16H21N3O. The van der Waals surface area contributed by atoms with E-state index in [2.05, 4.69) is 22.5 Å². The first-order valence-electron chi connectivity index (χ1n) is 7.06. The summed E-state index contributed by atoms with van der Waals surface area (Å²) in [6.45, 7) is 4.74. The number of hydrogen-bond acceptors (Lipinski definition) is 2. The third-order valence-corrected chi connectivity index (χ3v) is 3.43. The summed E-state index contributed by atoms with van der Waals surface area (Å²) in [5, 5.41) is 7.16. The summed E-state index contributed by atoms with van der Waals surface area (Å²) < 4.78 is 1.86. The van der Waals surface area contributed by atoms with Crippen molar-refractivity contribution in [3.05, 3.63) is 48.3 Å². The number of hydrogen-bond donors (Lipinski definition) is 1. The number of benzene rings is 1. The maximum atomic E-state index is 11.8. The average molecular weight is 271 g/mol. The molecule has 2 rings (SSSR count). The molecule has 1 N–H and O–H groups in total. The molecule has 1 aromatic heterocycles. The van der Waals surface area contributed by atoms with Gasteiger partial charge in [-0.25, -0.2) is 0 Å². The normalized spacial score (nSPS) is 12.1. The van der Waals surface area contributed by atoms with Gasteiger partial charge in [0.1, 0.15) is 0 Å². The van der Waals surface area contributed by atoms with Crippen molar-refractivity contribution in [2.45, 2.75) is 33.2 Å². The van der Waals surface area contributed by atoms with Crippen molar-refractivity contribution in [1.29, 1.82) is 0 Å². The quantitative estimate of drug-likeness (QED) is 0.877. The lowest BCUT2D eigenvalue weighted by Gasteiger charge is -2.07. The monoisotopic (exact) mass is 271 g/mol. The van der Waals surface area contributed by atoms with Gasteiger partial charge in [-0.2, -0.15) is 5.10 Å². The van der Waals surface area contributed by atoms with E-state index in [1.54, 1.807) is 6.20 Å². The topological polar surface area (TPSA) is 46.9 Å². The van der Waals surface area contributed by atoms with Crippen LogP contribution in [0.4, 0.5) is 5.69 Å². The molecule has 0 saturated heterocycles. The Bertz CT molecular complexity index is 548. The summed E-state index contributed by atoms with van der Waals surface area (Å²) in [5.41, 5.74) is 2.05. The fourth-order valence-electron chi connectivity index (χ4n) is 1.89. The van der Waals surface area contributed by atoms with Crippen molar-refractivity contribution >= 4 is 11.6 Å². The lowest BCUT2D eigenvalue weighted by atomic mass is 10.1. The van der Waals surface area contributed by atoms with Gasteiger partial charge >= 0.3 is 0 Å². The van der Waals surface area contributed by atoms with Crippen LogP contribution in [0.5, 0.6) is 0 Å². The number of nitrogens with one attached hydrogen (secondary N) is 1. The number of nitrogens with zero attached hydrogens (tertiary/aromatic N) is 2. The summed E-state index contributed by atoms with van der Waals surface area (Å²) in [4.78, 5) is 11.8. The predicted molar refractivity (Wildman–Crippen MR) is 80.5 cm³/mol. The first kappa shape index (κ1) is 14.3. The van der Waals surface area contributed by atoms with Crippen LogP contribution in [-0.4, -0.2) is 15.7 Å². The first-order chi connectivity index (χ1) is 9.69. The maximum absolute atomic E-state index is 11.8. The number of aryl methyl sites for hydroxylation is 2. The highest BCUT2D eigenvalue weighted by atomic mass is 16.1. The zero-order valence-corrected chi connectivity index (χ0v) is 12.0. The third kappa shape index (κ3) is 3.95. The highest BCUT2D eigenvalue weighted by Gasteiger charge is 2.11. The standard InChI is InChI=1S/C16H21N3O/c1-3-13(2)16(20)18-15-11-17-19(12-15)10-9-14-7-5-4-6-8-14/h4-8,11-13H,3,9-10H2,1-2H3,(H,18,20). The molecule has 20 heavy (non-hydrogen) atoms. The van der Waals surface area contributed by atoms with E-state index in [-0.39, 0.29) is 11.8 Å². The van der Waals surface area contributed by atoms with Crippen LogP contribution in [0.3, 0.4) is 0 Å². The molecule has 1 amide bonds. The minimum Gasteiger partial charge on any atom is -0.323 e. The number of amides is 1. The molecule has 1 unspecified atom stereocenters. The average Bonchev–Trinajstić information content (AvgIpc) is 2.92. The van der Waals surface area contributed by atoms with E-state index in [0.717, 1.165) is 25.1 Å². The van der Waals surface area contributed by atoms with Gasteiger partial charge in [-0.3, -0.25) is 9.48 Å². The van der Waals surface area contributed by atoms with E-state index in [0.29, 0.717) is 0 Å². The van der Waals surface area contributed by atoms with Gasteiger partial charge in [0, 0.05) is 18.7 Å². The molecule has 0 radical (unpaired) electrons. The summed E-state index contributed by atoms with van der Waals surface area (Å²) >= 11 is 0. The first-order valence-corrected chi connectivity index (χ1v) is 7.06. The molecule has 4 nitrogen and oxygen atoms in total. The van der Waals surface area contributed by atoms with Crippen LogP contribution < -0.4 is 5.32 Å². The zero-order valence-electron chi connectivity index (χ0n) is 12.0. The Kier molecular flexibility index (Phi) is 4.93. The van der Waals surface area contributed by atoms with Crippen LogP contribution >= 0.6 is 0 Å². The Hall–Kier alpha value is -2.10. The second-order valence-corrected chi connectivity index (χ2v) is 5.03. The summed E-state index contributed by atoms with van der Waals surface area (Å²) in [6.07, 6.45) is 5.35. The summed E-state index contributed by atoms with van der Waals surface area (Å²) in [6, 6.07) is 10.3. The van der Waals surface area contributed by atoms with Crippen molar-refractivity contribution in [3.63, 3.8) is 0 Å². The summed E-state index contributed by atoms with van der Waals surface area (Å²) in [5.74, 6) is 0.0813. The van der Waals surface area contributed by atoms with E-state index in [1.807, 2.05) is 42.9 Å². The Balaban J connectivity index is 1.88. The molecule has 0 saturated carbocycles. The van der Waals surface area contributed by atoms with E-state index >= 15 is 0 Å². The molecule has 1 heterocycles. The lowest BCUT2D eigenvalue weighted by molar-refractivity contribution is -0.119. The highest BCUT2D eigenvalue weighted by molar-refractivity contribution is 5.91. The maximum Gasteiger partial charge on any atom is 0.227 e. The van der Waals surface area contributed by atoms with Crippen molar-refractivity contribution in [1.82, 2.24) is 9.78 Å². The van der Waals surface area contributed by atoms with Crippen molar-refractivity contribution in [2.75, 3.05) is 5.32 Å². The zero-order chi connectivity index (χ0) is 14.4. The van der Waals surface area contributed by atoms with E-state index in [9.17, 15) is 4.79 Å². The number of carbonyl (C=O) groups excluding carboxylic acids is 1. The fourth-order valence-corrected chi connectivity index (χ4v) is 1.89. The van der Waals surface area contributed by atoms with Gasteiger partial charge in [0.05, 0.1) is 11.9 Å². The van der Waals surface area contributed by atoms with Crippen molar-refractivity contribution in [3.8, 4) is 0 Å². The minimum absolute atomic E-state index is 0.0302. The second kappa shape index (κ2) is 6.89. The van der Waals surface area contributed by atoms with Gasteiger partial charge < -0.3 is 5.32 Å². The van der Waals surface area contributed by atoms with Crippen LogP contribution in [-0.2, 0) is 17.8 Å². The van der Waals surface area contributed by atoms with E-state index < -0.39 is 0 Å². The van der Waals surface area contributed by atoms with Gasteiger partial charge in [0.2, 0.25) is 5.91 Å². The fraction of sp³-hybridized carbons (Fsp3) is 0.375. The molecule has 0 spiro atoms. The van der Waals surface area contributed by atoms with Crippen LogP contribution in [0.1, 0.15) is 25.8 Å². The van der Waals surface area contributed by atoms with Crippen LogP contribution in [0, 0.1) is 5.92 Å². The minimum atomic E-state index is 0.0302. The molecule has 0 aliphatic rings. The van der Waals surface area contributed by atoms with Gasteiger partial charge in [0.25, 0.3) is 0 Å². The molecule has 1 atom stereocenters. The lowest BCUT2D eigenvalue weighted by Crippen LogP contribution is -2.19. The molecule has 106 valence electrons. The molecule has 2 aromatic rings. The van der Waals surface area contributed by atoms with Gasteiger partial charge in [-0.1, -0.05) is 44.2 Å². The third-order valence-electron chi connectivity index (χ3n) is 3.43. The number of rotatable bonds is 6. The van der Waals surface area contributed by atoms with Crippen LogP contribution in [0.15, 0.2) is 42.7 Å². The Morgan fingerprint density at radius 3 is 2.80 bits per heavy atom. The van der Waals surface area contributed by atoms with Crippen molar-refractivity contribution < 1.29 is 4.79 Å². The Morgan fingerprint density at radius 1 is 1.35 bits per heavy atom. The number of aromatic nitrogens is 2. The van der Waals surface area contributed by atoms with Gasteiger partial charge in [0.15, 0.2) is 0 Å². The smallest absolute Gasteiger partial charge is 0.227 e. The molecule has 0 aliphatic heterocycles. The molecule has 0 aliphatic carbocycles. The second-order valence-electron chi connectivity index (χ2n) is 5.03. The van der Waals surface area contributed by atoms with Crippen molar-refractivity contribution in [2.24, 2.45) is 5.92 Å². The molecule has 4 heteroatoms. The Labute approximate surface area is 119 Å². The summed E-state index contributed by atoms with van der Waals surface area (Å²) in [7, 11) is 0. The number of carbonyl (C=O) groups is 1. The van der Waals surface area contributed by atoms with Crippen LogP contribution in [0.2, 0.25) is 0 Å². The molecule has 0 bridgehead atoms. The number of anilines is 1. The predicted octanol–water partition coefficient (Wildman–Crippen LogP) is 3.11. The molecule has 1 aromatic carbocycles. The SMILES string of the molecule is CCC(C)C(=O)Nc1cnn(CCc2ccccc2)c1. The van der Waals surface area contributed by atoms with Crippen LogP contribution in [0.25, 0.3) is 0 Å². The molecular weight excluding hydrogens is 250 g/mol. The van der Waals surface area contributed by atoms with E-state index in [1.165, 1.54) is 5.56 Å². The highest BCUT2D eigenvalue weighted by Crippen LogP contribution is 2.10. The molecule has 0 fully saturated rings. The van der Waals surface area contributed by atoms with E-state index in [4.69, 9.17) is 0 Å². The largest absolute Gasteiger partial charge is 0.323 e. The van der Waals surface area contributed by atoms with Gasteiger partial charge in [-0.05, 0) is 18.4 Å².